The molecular formula is C23H23N5O4. The van der Waals surface area contributed by atoms with Gasteiger partial charge in [0.25, 0.3) is 0 Å². The van der Waals surface area contributed by atoms with Gasteiger partial charge in [0.1, 0.15) is 18.1 Å². The van der Waals surface area contributed by atoms with Crippen molar-refractivity contribution in [3.8, 4) is 28.8 Å². The monoisotopic (exact) mass is 433 g/mol. The molecule has 0 saturated carbocycles. The van der Waals surface area contributed by atoms with Gasteiger partial charge in [0.15, 0.2) is 11.5 Å². The first-order valence-corrected chi connectivity index (χ1v) is 10.1. The third-order valence-corrected chi connectivity index (χ3v) is 4.78. The molecule has 32 heavy (non-hydrogen) atoms. The van der Waals surface area contributed by atoms with Gasteiger partial charge in [0, 0.05) is 11.6 Å². The molecule has 0 fully saturated rings. The Balaban J connectivity index is 1.32. The van der Waals surface area contributed by atoms with Gasteiger partial charge in [0.2, 0.25) is 11.8 Å². The maximum Gasteiger partial charge on any atom is 0.231 e. The highest BCUT2D eigenvalue weighted by Gasteiger charge is 2.11. The Labute approximate surface area is 185 Å². The molecule has 4 rings (SSSR count). The Morgan fingerprint density at radius 1 is 0.906 bits per heavy atom. The van der Waals surface area contributed by atoms with E-state index in [4.69, 9.17) is 14.2 Å². The highest BCUT2D eigenvalue weighted by Crippen LogP contribution is 2.21. The van der Waals surface area contributed by atoms with Crippen LogP contribution in [0.15, 0.2) is 60.7 Å². The standard InChI is InChI=1S/C23H23N5O4/c1-30-18-7-3-16(4-8-18)15-21(29)24-13-14-32-22-12-11-20-25-26-23(28(20)27-22)17-5-9-19(31-2)10-6-17/h3-12H,13-15H2,1-2H3,(H,24,29). The van der Waals surface area contributed by atoms with Crippen molar-refractivity contribution in [3.05, 3.63) is 66.2 Å². The summed E-state index contributed by atoms with van der Waals surface area (Å²) in [5.74, 6) is 2.45. The van der Waals surface area contributed by atoms with Crippen molar-refractivity contribution >= 4 is 11.6 Å². The number of carbonyl (C=O) groups is 1. The maximum atomic E-state index is 12.1. The second-order valence-electron chi connectivity index (χ2n) is 6.92. The molecule has 0 atom stereocenters. The summed E-state index contributed by atoms with van der Waals surface area (Å²) in [6, 6.07) is 18.4. The number of hydrogen-bond acceptors (Lipinski definition) is 7. The van der Waals surface area contributed by atoms with Gasteiger partial charge in [-0.05, 0) is 48.0 Å². The van der Waals surface area contributed by atoms with E-state index in [1.165, 1.54) is 0 Å². The quantitative estimate of drug-likeness (QED) is 0.405. The highest BCUT2D eigenvalue weighted by atomic mass is 16.5. The van der Waals surface area contributed by atoms with E-state index < -0.39 is 0 Å². The number of ether oxygens (including phenoxy) is 3. The molecule has 0 aliphatic heterocycles. The summed E-state index contributed by atoms with van der Waals surface area (Å²) in [4.78, 5) is 12.1. The van der Waals surface area contributed by atoms with Crippen LogP contribution in [0.2, 0.25) is 0 Å². The van der Waals surface area contributed by atoms with Gasteiger partial charge in [-0.25, -0.2) is 0 Å². The molecule has 0 radical (unpaired) electrons. The van der Waals surface area contributed by atoms with Crippen LogP contribution >= 0.6 is 0 Å². The second kappa shape index (κ2) is 9.78. The van der Waals surface area contributed by atoms with Crippen LogP contribution in [0.25, 0.3) is 17.0 Å². The van der Waals surface area contributed by atoms with Gasteiger partial charge in [-0.15, -0.1) is 15.3 Å². The van der Waals surface area contributed by atoms with Crippen molar-refractivity contribution in [1.29, 1.82) is 0 Å². The lowest BCUT2D eigenvalue weighted by Crippen LogP contribution is -2.29. The first kappa shape index (κ1) is 21.1. The topological polar surface area (TPSA) is 99.9 Å². The average molecular weight is 433 g/mol. The zero-order chi connectivity index (χ0) is 22.3. The van der Waals surface area contributed by atoms with Crippen LogP contribution in [0.3, 0.4) is 0 Å². The third kappa shape index (κ3) is 4.94. The van der Waals surface area contributed by atoms with Crippen LogP contribution in [-0.2, 0) is 11.2 Å². The first-order chi connectivity index (χ1) is 15.7. The largest absolute Gasteiger partial charge is 0.497 e. The van der Waals surface area contributed by atoms with E-state index in [2.05, 4.69) is 20.6 Å². The summed E-state index contributed by atoms with van der Waals surface area (Å²) < 4.78 is 17.6. The van der Waals surface area contributed by atoms with Crippen molar-refractivity contribution < 1.29 is 19.0 Å². The smallest absolute Gasteiger partial charge is 0.231 e. The SMILES string of the molecule is COc1ccc(CC(=O)NCCOc2ccc3nnc(-c4ccc(OC)cc4)n3n2)cc1. The molecule has 164 valence electrons. The van der Waals surface area contributed by atoms with E-state index in [0.717, 1.165) is 22.6 Å². The number of amides is 1. The minimum absolute atomic E-state index is 0.0808. The number of methoxy groups -OCH3 is 2. The number of hydrogen-bond donors (Lipinski definition) is 1. The van der Waals surface area contributed by atoms with Gasteiger partial charge >= 0.3 is 0 Å². The molecule has 2 aromatic carbocycles. The Morgan fingerprint density at radius 3 is 2.28 bits per heavy atom. The summed E-state index contributed by atoms with van der Waals surface area (Å²) in [5.41, 5.74) is 2.37. The Bertz CT molecular complexity index is 1190. The molecule has 2 aromatic heterocycles. The predicted molar refractivity (Wildman–Crippen MR) is 118 cm³/mol. The zero-order valence-electron chi connectivity index (χ0n) is 17.8. The molecule has 9 nitrogen and oxygen atoms in total. The van der Waals surface area contributed by atoms with Crippen LogP contribution in [0.4, 0.5) is 0 Å². The van der Waals surface area contributed by atoms with Gasteiger partial charge in [-0.3, -0.25) is 4.79 Å². The number of rotatable bonds is 9. The van der Waals surface area contributed by atoms with E-state index in [9.17, 15) is 4.79 Å². The predicted octanol–water partition coefficient (Wildman–Crippen LogP) is 2.55. The Morgan fingerprint density at radius 2 is 1.59 bits per heavy atom. The number of nitrogens with zero attached hydrogens (tertiary/aromatic N) is 4. The number of nitrogens with one attached hydrogen (secondary N) is 1. The first-order valence-electron chi connectivity index (χ1n) is 10.1. The summed E-state index contributed by atoms with van der Waals surface area (Å²) in [7, 11) is 3.23. The van der Waals surface area contributed by atoms with E-state index in [-0.39, 0.29) is 12.5 Å². The summed E-state index contributed by atoms with van der Waals surface area (Å²) in [5, 5.41) is 15.7. The van der Waals surface area contributed by atoms with E-state index in [1.807, 2.05) is 48.5 Å². The molecular weight excluding hydrogens is 410 g/mol. The number of fused-ring (bicyclic) bond motifs is 1. The van der Waals surface area contributed by atoms with Crippen LogP contribution in [0.5, 0.6) is 17.4 Å². The van der Waals surface area contributed by atoms with Crippen molar-refractivity contribution in [2.45, 2.75) is 6.42 Å². The van der Waals surface area contributed by atoms with Crippen LogP contribution in [-0.4, -0.2) is 53.1 Å². The number of aromatic nitrogens is 4. The maximum absolute atomic E-state index is 12.1. The molecule has 0 aliphatic rings. The molecule has 0 saturated heterocycles. The molecule has 1 N–H and O–H groups in total. The minimum Gasteiger partial charge on any atom is -0.497 e. The van der Waals surface area contributed by atoms with E-state index >= 15 is 0 Å². The fourth-order valence-electron chi connectivity index (χ4n) is 3.11. The van der Waals surface area contributed by atoms with Crippen molar-refractivity contribution in [3.63, 3.8) is 0 Å². The molecule has 9 heteroatoms. The van der Waals surface area contributed by atoms with Gasteiger partial charge in [0.05, 0.1) is 27.2 Å². The molecule has 0 bridgehead atoms. The van der Waals surface area contributed by atoms with Crippen LogP contribution < -0.4 is 19.5 Å². The minimum atomic E-state index is -0.0808. The van der Waals surface area contributed by atoms with E-state index in [0.29, 0.717) is 30.3 Å². The molecule has 0 spiro atoms. The van der Waals surface area contributed by atoms with Crippen molar-refractivity contribution in [2.75, 3.05) is 27.4 Å². The number of benzene rings is 2. The lowest BCUT2D eigenvalue weighted by Gasteiger charge is -2.08. The van der Waals surface area contributed by atoms with Crippen molar-refractivity contribution in [2.24, 2.45) is 0 Å². The Kier molecular flexibility index (Phi) is 6.45. The summed E-state index contributed by atoms with van der Waals surface area (Å²) in [6.07, 6.45) is 0.292. The van der Waals surface area contributed by atoms with Crippen LogP contribution in [0.1, 0.15) is 5.56 Å². The highest BCUT2D eigenvalue weighted by molar-refractivity contribution is 5.78. The molecule has 2 heterocycles. The average Bonchev–Trinajstić information content (AvgIpc) is 3.26. The molecule has 0 unspecified atom stereocenters. The van der Waals surface area contributed by atoms with Crippen molar-refractivity contribution in [1.82, 2.24) is 25.1 Å². The third-order valence-electron chi connectivity index (χ3n) is 4.78. The van der Waals surface area contributed by atoms with Crippen LogP contribution in [0, 0.1) is 0 Å². The Hall–Kier alpha value is -4.14. The fourth-order valence-corrected chi connectivity index (χ4v) is 3.11. The fraction of sp³-hybridized carbons (Fsp3) is 0.217. The lowest BCUT2D eigenvalue weighted by atomic mass is 10.1. The second-order valence-corrected chi connectivity index (χ2v) is 6.92. The normalized spacial score (nSPS) is 10.7. The zero-order valence-corrected chi connectivity index (χ0v) is 17.8. The van der Waals surface area contributed by atoms with Gasteiger partial charge in [-0.1, -0.05) is 12.1 Å². The molecule has 1 amide bonds. The lowest BCUT2D eigenvalue weighted by molar-refractivity contribution is -0.120. The summed E-state index contributed by atoms with van der Waals surface area (Å²) in [6.45, 7) is 0.648. The molecule has 4 aromatic rings. The van der Waals surface area contributed by atoms with Gasteiger partial charge < -0.3 is 19.5 Å². The van der Waals surface area contributed by atoms with Gasteiger partial charge in [-0.2, -0.15) is 4.52 Å². The van der Waals surface area contributed by atoms with E-state index in [1.54, 1.807) is 30.9 Å². The number of carbonyl (C=O) groups excluding carboxylic acids is 1. The molecule has 0 aliphatic carbocycles. The summed E-state index contributed by atoms with van der Waals surface area (Å²) >= 11 is 0.